The van der Waals surface area contributed by atoms with Crippen molar-refractivity contribution in [1.29, 1.82) is 5.26 Å². The summed E-state index contributed by atoms with van der Waals surface area (Å²) in [7, 11) is 1.85. The zero-order valence-electron chi connectivity index (χ0n) is 11.7. The van der Waals surface area contributed by atoms with Gasteiger partial charge in [0.15, 0.2) is 0 Å². The van der Waals surface area contributed by atoms with E-state index in [-0.39, 0.29) is 11.8 Å². The minimum Gasteiger partial charge on any atom is -0.341 e. The van der Waals surface area contributed by atoms with Crippen LogP contribution in [0.1, 0.15) is 30.4 Å². The molecule has 4 nitrogen and oxygen atoms in total. The molecule has 4 heteroatoms. The molecule has 2 fully saturated rings. The number of nitrogens with zero attached hydrogens (tertiary/aromatic N) is 2. The normalized spacial score (nSPS) is 27.3. The van der Waals surface area contributed by atoms with Gasteiger partial charge in [0.2, 0.25) is 5.91 Å². The fourth-order valence-corrected chi connectivity index (χ4v) is 3.47. The molecule has 1 aromatic rings. The highest BCUT2D eigenvalue weighted by Crippen LogP contribution is 2.34. The second kappa shape index (κ2) is 5.26. The first kappa shape index (κ1) is 13.1. The summed E-state index contributed by atoms with van der Waals surface area (Å²) in [6.07, 6.45) is 3.31. The topological polar surface area (TPSA) is 56.1 Å². The molecular weight excluding hydrogens is 250 g/mol. The van der Waals surface area contributed by atoms with Crippen molar-refractivity contribution < 1.29 is 4.79 Å². The van der Waals surface area contributed by atoms with Gasteiger partial charge in [0.1, 0.15) is 0 Å². The lowest BCUT2D eigenvalue weighted by Gasteiger charge is -2.25. The molecule has 0 aliphatic carbocycles. The minimum absolute atomic E-state index is 0.137. The van der Waals surface area contributed by atoms with E-state index in [0.29, 0.717) is 24.2 Å². The minimum atomic E-state index is 0.137. The van der Waals surface area contributed by atoms with E-state index < -0.39 is 0 Å². The number of benzene rings is 1. The lowest BCUT2D eigenvalue weighted by Crippen LogP contribution is -2.38. The Kier molecular flexibility index (Phi) is 3.45. The number of carbonyl (C=O) groups is 1. The first-order valence-electron chi connectivity index (χ1n) is 7.17. The predicted octanol–water partition coefficient (Wildman–Crippen LogP) is 1.66. The van der Waals surface area contributed by atoms with Crippen molar-refractivity contribution in [2.24, 2.45) is 5.92 Å². The number of amides is 1. The monoisotopic (exact) mass is 269 g/mol. The summed E-state index contributed by atoms with van der Waals surface area (Å²) in [5.41, 5.74) is 1.65. The molecule has 3 unspecified atom stereocenters. The third kappa shape index (κ3) is 2.41. The van der Waals surface area contributed by atoms with Crippen molar-refractivity contribution in [2.45, 2.75) is 37.9 Å². The molecule has 2 heterocycles. The summed E-state index contributed by atoms with van der Waals surface area (Å²) < 4.78 is 0. The van der Waals surface area contributed by atoms with Crippen LogP contribution < -0.4 is 5.32 Å². The molecule has 1 N–H and O–H groups in total. The molecule has 3 atom stereocenters. The fraction of sp³-hybridized carbons (Fsp3) is 0.500. The molecule has 2 aliphatic rings. The molecule has 1 amide bonds. The van der Waals surface area contributed by atoms with Crippen LogP contribution in [0.3, 0.4) is 0 Å². The number of rotatable bonds is 3. The van der Waals surface area contributed by atoms with Gasteiger partial charge in [-0.05, 0) is 37.0 Å². The summed E-state index contributed by atoms with van der Waals surface area (Å²) in [6.45, 7) is 0.572. The van der Waals surface area contributed by atoms with Crippen LogP contribution in [0.2, 0.25) is 0 Å². The third-order valence-electron chi connectivity index (χ3n) is 4.47. The fourth-order valence-electron chi connectivity index (χ4n) is 3.47. The van der Waals surface area contributed by atoms with Crippen LogP contribution in [-0.2, 0) is 11.3 Å². The van der Waals surface area contributed by atoms with Crippen LogP contribution >= 0.6 is 0 Å². The summed E-state index contributed by atoms with van der Waals surface area (Å²) in [6, 6.07) is 10.5. The van der Waals surface area contributed by atoms with E-state index in [9.17, 15) is 4.79 Å². The van der Waals surface area contributed by atoms with Gasteiger partial charge in [0.05, 0.1) is 17.6 Å². The number of carbonyl (C=O) groups excluding carboxylic acids is 1. The first-order chi connectivity index (χ1) is 9.67. The Morgan fingerprint density at radius 3 is 3.00 bits per heavy atom. The van der Waals surface area contributed by atoms with Crippen LogP contribution in [0.25, 0.3) is 0 Å². The third-order valence-corrected chi connectivity index (χ3v) is 4.47. The molecule has 1 aromatic carbocycles. The van der Waals surface area contributed by atoms with Gasteiger partial charge < -0.3 is 10.2 Å². The second-order valence-electron chi connectivity index (χ2n) is 5.90. The predicted molar refractivity (Wildman–Crippen MR) is 75.7 cm³/mol. The zero-order chi connectivity index (χ0) is 14.1. The summed E-state index contributed by atoms with van der Waals surface area (Å²) in [4.78, 5) is 14.3. The van der Waals surface area contributed by atoms with Crippen LogP contribution in [0, 0.1) is 17.2 Å². The number of hydrogen-bond acceptors (Lipinski definition) is 3. The Balaban J connectivity index is 1.65. The number of fused-ring (bicyclic) bond motifs is 2. The van der Waals surface area contributed by atoms with Crippen molar-refractivity contribution in [2.75, 3.05) is 7.05 Å². The molecule has 0 aromatic heterocycles. The Morgan fingerprint density at radius 2 is 2.35 bits per heavy atom. The Morgan fingerprint density at radius 1 is 1.50 bits per heavy atom. The van der Waals surface area contributed by atoms with E-state index in [4.69, 9.17) is 5.26 Å². The van der Waals surface area contributed by atoms with Gasteiger partial charge in [0.25, 0.3) is 0 Å². The molecule has 2 bridgehead atoms. The smallest absolute Gasteiger partial charge is 0.227 e. The van der Waals surface area contributed by atoms with Gasteiger partial charge in [0, 0.05) is 25.7 Å². The van der Waals surface area contributed by atoms with Gasteiger partial charge in [-0.3, -0.25) is 4.79 Å². The molecular formula is C16H19N3O. The highest BCUT2D eigenvalue weighted by molar-refractivity contribution is 5.80. The van der Waals surface area contributed by atoms with Gasteiger partial charge in [-0.1, -0.05) is 12.1 Å². The molecule has 3 rings (SSSR count). The van der Waals surface area contributed by atoms with Crippen LogP contribution in [0.5, 0.6) is 0 Å². The molecule has 2 aliphatic heterocycles. The van der Waals surface area contributed by atoms with E-state index in [1.165, 1.54) is 6.42 Å². The second-order valence-corrected chi connectivity index (χ2v) is 5.90. The van der Waals surface area contributed by atoms with E-state index >= 15 is 0 Å². The maximum absolute atomic E-state index is 12.5. The van der Waals surface area contributed by atoms with Crippen LogP contribution in [0.15, 0.2) is 24.3 Å². The van der Waals surface area contributed by atoms with Gasteiger partial charge >= 0.3 is 0 Å². The zero-order valence-corrected chi connectivity index (χ0v) is 11.7. The molecule has 104 valence electrons. The Hall–Kier alpha value is -1.86. The molecule has 20 heavy (non-hydrogen) atoms. The average molecular weight is 269 g/mol. The molecule has 0 spiro atoms. The van der Waals surface area contributed by atoms with Gasteiger partial charge in [-0.15, -0.1) is 0 Å². The van der Waals surface area contributed by atoms with Crippen molar-refractivity contribution >= 4 is 5.91 Å². The molecule has 2 saturated heterocycles. The Labute approximate surface area is 119 Å². The SMILES string of the molecule is CN(Cc1cccc(C#N)c1)C(=O)C1CC2CCC1N2. The number of hydrogen-bond donors (Lipinski definition) is 1. The highest BCUT2D eigenvalue weighted by Gasteiger charge is 2.43. The van der Waals surface area contributed by atoms with E-state index in [2.05, 4.69) is 11.4 Å². The largest absolute Gasteiger partial charge is 0.341 e. The quantitative estimate of drug-likeness (QED) is 0.908. The van der Waals surface area contributed by atoms with Crippen LogP contribution in [-0.4, -0.2) is 29.9 Å². The van der Waals surface area contributed by atoms with Crippen molar-refractivity contribution in [3.63, 3.8) is 0 Å². The van der Waals surface area contributed by atoms with Crippen LogP contribution in [0.4, 0.5) is 0 Å². The van der Waals surface area contributed by atoms with E-state index in [0.717, 1.165) is 18.4 Å². The van der Waals surface area contributed by atoms with E-state index in [1.54, 1.807) is 11.0 Å². The molecule has 0 radical (unpaired) electrons. The standard InChI is InChI=1S/C16H19N3O/c1-19(10-12-4-2-3-11(7-12)9-17)16(20)14-8-13-5-6-15(14)18-13/h2-4,7,13-15,18H,5-6,8,10H2,1H3. The Bertz CT molecular complexity index is 563. The number of nitrogens with one attached hydrogen (secondary N) is 1. The summed E-state index contributed by atoms with van der Waals surface area (Å²) >= 11 is 0. The van der Waals surface area contributed by atoms with Crippen molar-refractivity contribution in [3.8, 4) is 6.07 Å². The lowest BCUT2D eigenvalue weighted by molar-refractivity contribution is -0.135. The van der Waals surface area contributed by atoms with Crippen molar-refractivity contribution in [1.82, 2.24) is 10.2 Å². The molecule has 0 saturated carbocycles. The van der Waals surface area contributed by atoms with E-state index in [1.807, 2.05) is 25.2 Å². The number of nitriles is 1. The summed E-state index contributed by atoms with van der Waals surface area (Å²) in [5, 5.41) is 12.4. The van der Waals surface area contributed by atoms with Gasteiger partial charge in [-0.25, -0.2) is 0 Å². The van der Waals surface area contributed by atoms with Crippen molar-refractivity contribution in [3.05, 3.63) is 35.4 Å². The summed E-state index contributed by atoms with van der Waals surface area (Å²) in [5.74, 6) is 0.366. The average Bonchev–Trinajstić information content (AvgIpc) is 3.09. The van der Waals surface area contributed by atoms with Gasteiger partial charge in [-0.2, -0.15) is 5.26 Å². The highest BCUT2D eigenvalue weighted by atomic mass is 16.2. The lowest BCUT2D eigenvalue weighted by atomic mass is 9.88. The maximum atomic E-state index is 12.5. The maximum Gasteiger partial charge on any atom is 0.227 e. The first-order valence-corrected chi connectivity index (χ1v) is 7.17.